The molecule has 9 heteroatoms. The minimum Gasteiger partial charge on any atom is -0.321 e. The van der Waals surface area contributed by atoms with Gasteiger partial charge in [0.2, 0.25) is 0 Å². The SMILES string of the molecule is O=C(Nc1cccc(SCC(=O)c2cccs2)c1)/C(=C/c1c(Cl)cccc1Cl)NC(=O)c1ccccc1. The van der Waals surface area contributed by atoms with E-state index in [1.165, 1.54) is 29.2 Å². The van der Waals surface area contributed by atoms with E-state index in [0.29, 0.717) is 31.7 Å². The molecular formula is C28H20Cl2N2O3S2. The highest BCUT2D eigenvalue weighted by Crippen LogP contribution is 2.27. The van der Waals surface area contributed by atoms with Gasteiger partial charge >= 0.3 is 0 Å². The molecule has 2 N–H and O–H groups in total. The molecule has 0 atom stereocenters. The molecule has 0 bridgehead atoms. The van der Waals surface area contributed by atoms with Crippen LogP contribution in [0.3, 0.4) is 0 Å². The van der Waals surface area contributed by atoms with Crippen LogP contribution < -0.4 is 10.6 Å². The van der Waals surface area contributed by atoms with E-state index in [0.717, 1.165) is 4.90 Å². The lowest BCUT2D eigenvalue weighted by atomic mass is 10.1. The Hall–Kier alpha value is -3.36. The second kappa shape index (κ2) is 12.7. The summed E-state index contributed by atoms with van der Waals surface area (Å²) in [4.78, 5) is 40.0. The second-order valence-electron chi connectivity index (χ2n) is 7.68. The number of thioether (sulfide) groups is 1. The van der Waals surface area contributed by atoms with Gasteiger partial charge in [-0.15, -0.1) is 23.1 Å². The molecule has 0 saturated carbocycles. The number of amides is 2. The highest BCUT2D eigenvalue weighted by atomic mass is 35.5. The molecule has 4 rings (SSSR count). The number of ketones is 1. The highest BCUT2D eigenvalue weighted by molar-refractivity contribution is 8.00. The van der Waals surface area contributed by atoms with Gasteiger partial charge < -0.3 is 10.6 Å². The number of carbonyl (C=O) groups is 3. The molecule has 0 aliphatic carbocycles. The van der Waals surface area contributed by atoms with Crippen LogP contribution in [0.25, 0.3) is 6.08 Å². The molecule has 2 amide bonds. The maximum Gasteiger partial charge on any atom is 0.272 e. The van der Waals surface area contributed by atoms with Gasteiger partial charge in [-0.25, -0.2) is 0 Å². The molecule has 1 aromatic heterocycles. The quantitative estimate of drug-likeness (QED) is 0.125. The number of halogens is 2. The molecule has 0 unspecified atom stereocenters. The third kappa shape index (κ3) is 7.33. The molecule has 3 aromatic carbocycles. The molecule has 0 saturated heterocycles. The fourth-order valence-electron chi connectivity index (χ4n) is 3.25. The number of thiophene rings is 1. The van der Waals surface area contributed by atoms with Gasteiger partial charge in [0, 0.05) is 31.8 Å². The smallest absolute Gasteiger partial charge is 0.272 e. The van der Waals surface area contributed by atoms with Crippen molar-refractivity contribution < 1.29 is 14.4 Å². The highest BCUT2D eigenvalue weighted by Gasteiger charge is 2.17. The molecule has 4 aromatic rings. The van der Waals surface area contributed by atoms with Crippen molar-refractivity contribution in [1.82, 2.24) is 5.32 Å². The first-order chi connectivity index (χ1) is 17.9. The van der Waals surface area contributed by atoms with E-state index in [-0.39, 0.29) is 17.2 Å². The molecule has 0 radical (unpaired) electrons. The number of carbonyl (C=O) groups excluding carboxylic acids is 3. The standard InChI is InChI=1S/C28H20Cl2N2O3S2/c29-22-11-5-12-23(30)21(22)16-24(32-27(34)18-7-2-1-3-8-18)28(35)31-19-9-4-10-20(15-19)37-17-25(33)26-13-6-14-36-26/h1-16H,17H2,(H,31,35)(H,32,34)/b24-16-. The van der Waals surface area contributed by atoms with Gasteiger partial charge in [-0.05, 0) is 60.0 Å². The molecule has 0 fully saturated rings. The number of anilines is 1. The number of rotatable bonds is 9. The fraction of sp³-hybridized carbons (Fsp3) is 0.0357. The summed E-state index contributed by atoms with van der Waals surface area (Å²) in [7, 11) is 0. The van der Waals surface area contributed by atoms with Crippen molar-refractivity contribution in [3.8, 4) is 0 Å². The van der Waals surface area contributed by atoms with Gasteiger partial charge in [0.1, 0.15) is 5.70 Å². The summed E-state index contributed by atoms with van der Waals surface area (Å²) in [6, 6.07) is 24.3. The largest absolute Gasteiger partial charge is 0.321 e. The monoisotopic (exact) mass is 566 g/mol. The Morgan fingerprint density at radius 3 is 2.30 bits per heavy atom. The van der Waals surface area contributed by atoms with Gasteiger partial charge in [-0.2, -0.15) is 0 Å². The molecule has 0 aliphatic rings. The zero-order valence-corrected chi connectivity index (χ0v) is 22.4. The number of hydrogen-bond acceptors (Lipinski definition) is 5. The third-order valence-electron chi connectivity index (χ3n) is 5.08. The van der Waals surface area contributed by atoms with Crippen molar-refractivity contribution in [2.24, 2.45) is 0 Å². The number of nitrogens with one attached hydrogen (secondary N) is 2. The van der Waals surface area contributed by atoms with E-state index < -0.39 is 11.8 Å². The average molecular weight is 568 g/mol. The van der Waals surface area contributed by atoms with E-state index in [2.05, 4.69) is 10.6 Å². The normalized spacial score (nSPS) is 11.1. The van der Waals surface area contributed by atoms with Gasteiger partial charge in [0.15, 0.2) is 5.78 Å². The topological polar surface area (TPSA) is 75.3 Å². The van der Waals surface area contributed by atoms with Crippen LogP contribution in [0, 0.1) is 0 Å². The first-order valence-corrected chi connectivity index (χ1v) is 13.7. The van der Waals surface area contributed by atoms with E-state index in [9.17, 15) is 14.4 Å². The molecular weight excluding hydrogens is 547 g/mol. The van der Waals surface area contributed by atoms with E-state index >= 15 is 0 Å². The summed E-state index contributed by atoms with van der Waals surface area (Å²) in [5.74, 6) is -0.695. The van der Waals surface area contributed by atoms with E-state index in [1.807, 2.05) is 17.5 Å². The Labute approximate surface area is 232 Å². The van der Waals surface area contributed by atoms with Crippen molar-refractivity contribution >= 4 is 75.7 Å². The summed E-state index contributed by atoms with van der Waals surface area (Å²) in [5, 5.41) is 8.01. The minimum absolute atomic E-state index is 0.0326. The van der Waals surface area contributed by atoms with Gasteiger partial charge in [-0.1, -0.05) is 59.6 Å². The van der Waals surface area contributed by atoms with E-state index in [1.54, 1.807) is 72.8 Å². The van der Waals surface area contributed by atoms with Crippen LogP contribution in [0.2, 0.25) is 10.0 Å². The fourth-order valence-corrected chi connectivity index (χ4v) is 5.36. The van der Waals surface area contributed by atoms with Gasteiger partial charge in [-0.3, -0.25) is 14.4 Å². The first kappa shape index (κ1) is 26.7. The zero-order valence-electron chi connectivity index (χ0n) is 19.2. The van der Waals surface area contributed by atoms with Crippen LogP contribution in [0.1, 0.15) is 25.6 Å². The summed E-state index contributed by atoms with van der Waals surface area (Å²) < 4.78 is 0. The molecule has 0 spiro atoms. The average Bonchev–Trinajstić information content (AvgIpc) is 3.45. The van der Waals surface area contributed by atoms with Crippen LogP contribution in [0.4, 0.5) is 5.69 Å². The minimum atomic E-state index is -0.558. The molecule has 0 aliphatic heterocycles. The van der Waals surface area contributed by atoms with Gasteiger partial charge in [0.05, 0.1) is 10.6 Å². The molecule has 1 heterocycles. The Morgan fingerprint density at radius 1 is 0.865 bits per heavy atom. The van der Waals surface area contributed by atoms with Crippen molar-refractivity contribution in [2.45, 2.75) is 4.90 Å². The third-order valence-corrected chi connectivity index (χ3v) is 7.64. The van der Waals surface area contributed by atoms with Crippen molar-refractivity contribution in [2.75, 3.05) is 11.1 Å². The predicted octanol–water partition coefficient (Wildman–Crippen LogP) is 7.44. The van der Waals surface area contributed by atoms with Crippen LogP contribution >= 0.6 is 46.3 Å². The summed E-state index contributed by atoms with van der Waals surface area (Å²) in [6.45, 7) is 0. The van der Waals surface area contributed by atoms with Gasteiger partial charge in [0.25, 0.3) is 11.8 Å². The Balaban J connectivity index is 1.54. The number of hydrogen-bond donors (Lipinski definition) is 2. The van der Waals surface area contributed by atoms with Crippen LogP contribution in [0.5, 0.6) is 0 Å². The Bertz CT molecular complexity index is 1440. The first-order valence-electron chi connectivity index (χ1n) is 11.0. The maximum atomic E-state index is 13.3. The number of Topliss-reactive ketones (excluding diaryl/α,β-unsaturated/α-hetero) is 1. The zero-order chi connectivity index (χ0) is 26.2. The van der Waals surface area contributed by atoms with Crippen molar-refractivity contribution in [3.05, 3.63) is 122 Å². The lowest BCUT2D eigenvalue weighted by Crippen LogP contribution is -2.30. The molecule has 37 heavy (non-hydrogen) atoms. The Kier molecular flexibility index (Phi) is 9.19. The Morgan fingerprint density at radius 2 is 1.59 bits per heavy atom. The van der Waals surface area contributed by atoms with Crippen molar-refractivity contribution in [1.29, 1.82) is 0 Å². The summed E-state index contributed by atoms with van der Waals surface area (Å²) >= 11 is 15.4. The predicted molar refractivity (Wildman–Crippen MR) is 153 cm³/mol. The molecule has 5 nitrogen and oxygen atoms in total. The maximum absolute atomic E-state index is 13.3. The van der Waals surface area contributed by atoms with E-state index in [4.69, 9.17) is 23.2 Å². The summed E-state index contributed by atoms with van der Waals surface area (Å²) in [5.41, 5.74) is 1.26. The number of benzene rings is 3. The van der Waals surface area contributed by atoms with Crippen LogP contribution in [0.15, 0.2) is 101 Å². The lowest BCUT2D eigenvalue weighted by molar-refractivity contribution is -0.113. The summed E-state index contributed by atoms with van der Waals surface area (Å²) in [6.07, 6.45) is 1.44. The van der Waals surface area contributed by atoms with Crippen LogP contribution in [-0.2, 0) is 4.79 Å². The van der Waals surface area contributed by atoms with Crippen molar-refractivity contribution in [3.63, 3.8) is 0 Å². The second-order valence-corrected chi connectivity index (χ2v) is 10.5. The van der Waals surface area contributed by atoms with Crippen LogP contribution in [-0.4, -0.2) is 23.4 Å². The lowest BCUT2D eigenvalue weighted by Gasteiger charge is -2.13. The molecule has 186 valence electrons.